The second kappa shape index (κ2) is 10.3. The largest absolute Gasteiger partial charge is 0.492 e. The number of rotatable bonds is 9. The molecule has 3 aromatic carbocycles. The molecule has 0 bridgehead atoms. The van der Waals surface area contributed by atoms with Gasteiger partial charge in [0.15, 0.2) is 0 Å². The molecule has 168 valence electrons. The third-order valence-electron chi connectivity index (χ3n) is 5.08. The molecule has 3 rings (SSSR count). The van der Waals surface area contributed by atoms with E-state index < -0.39 is 10.0 Å². The van der Waals surface area contributed by atoms with Gasteiger partial charge in [0.25, 0.3) is 5.91 Å². The molecule has 0 heterocycles. The molecular formula is C25H28N2O4S. The van der Waals surface area contributed by atoms with Crippen molar-refractivity contribution < 1.29 is 17.9 Å². The Kier molecular flexibility index (Phi) is 7.53. The number of carbonyl (C=O) groups is 1. The fourth-order valence-corrected chi connectivity index (χ4v) is 4.23. The number of nitrogens with one attached hydrogen (secondary N) is 1. The second-order valence-electron chi connectivity index (χ2n) is 7.48. The third kappa shape index (κ3) is 5.88. The predicted octanol–water partition coefficient (Wildman–Crippen LogP) is 4.29. The molecular weight excluding hydrogens is 424 g/mol. The average Bonchev–Trinajstić information content (AvgIpc) is 2.77. The van der Waals surface area contributed by atoms with Crippen LogP contribution >= 0.6 is 0 Å². The quantitative estimate of drug-likeness (QED) is 0.526. The van der Waals surface area contributed by atoms with Crippen LogP contribution in [-0.2, 0) is 23.1 Å². The molecule has 0 aliphatic heterocycles. The number of ether oxygens (including phenoxy) is 1. The molecule has 0 fully saturated rings. The summed E-state index contributed by atoms with van der Waals surface area (Å²) in [5.74, 6) is 0.328. The number of carbonyl (C=O) groups excluding carboxylic acids is 1. The van der Waals surface area contributed by atoms with E-state index in [2.05, 4.69) is 5.32 Å². The normalized spacial score (nSPS) is 11.1. The number of hydrogen-bond donors (Lipinski definition) is 1. The fourth-order valence-electron chi connectivity index (χ4n) is 3.34. The molecule has 1 N–H and O–H groups in total. The number of aryl methyl sites for hydroxylation is 1. The number of anilines is 1. The van der Waals surface area contributed by atoms with Crippen molar-refractivity contribution >= 4 is 21.6 Å². The molecule has 0 unspecified atom stereocenters. The molecule has 0 aliphatic rings. The Morgan fingerprint density at radius 3 is 2.28 bits per heavy atom. The molecule has 3 aromatic rings. The first-order chi connectivity index (χ1) is 15.3. The van der Waals surface area contributed by atoms with E-state index in [1.807, 2.05) is 38.1 Å². The lowest BCUT2D eigenvalue weighted by Gasteiger charge is -2.24. The van der Waals surface area contributed by atoms with Gasteiger partial charge in [-0.2, -0.15) is 0 Å². The maximum absolute atomic E-state index is 12.5. The highest BCUT2D eigenvalue weighted by Gasteiger charge is 2.21. The SMILES string of the molecule is CCOc1ccccc1N(Cc1ccc(C(=O)NCc2ccccc2C)cc1)S(C)(=O)=O. The van der Waals surface area contributed by atoms with Gasteiger partial charge in [-0.15, -0.1) is 0 Å². The van der Waals surface area contributed by atoms with Crippen LogP contribution in [0.25, 0.3) is 0 Å². The van der Waals surface area contributed by atoms with Crippen LogP contribution in [-0.4, -0.2) is 27.2 Å². The Morgan fingerprint density at radius 1 is 0.969 bits per heavy atom. The van der Waals surface area contributed by atoms with Gasteiger partial charge in [0.05, 0.1) is 25.1 Å². The van der Waals surface area contributed by atoms with Gasteiger partial charge in [0.2, 0.25) is 10.0 Å². The van der Waals surface area contributed by atoms with E-state index in [0.717, 1.165) is 16.7 Å². The molecule has 0 saturated carbocycles. The van der Waals surface area contributed by atoms with Crippen LogP contribution in [0.3, 0.4) is 0 Å². The highest BCUT2D eigenvalue weighted by atomic mass is 32.2. The maximum atomic E-state index is 12.5. The van der Waals surface area contributed by atoms with Crippen LogP contribution < -0.4 is 14.4 Å². The van der Waals surface area contributed by atoms with Gasteiger partial charge in [-0.1, -0.05) is 48.5 Å². The molecule has 7 heteroatoms. The smallest absolute Gasteiger partial charge is 0.251 e. The predicted molar refractivity (Wildman–Crippen MR) is 127 cm³/mol. The number of benzene rings is 3. The van der Waals surface area contributed by atoms with Gasteiger partial charge in [-0.25, -0.2) is 8.42 Å². The van der Waals surface area contributed by atoms with Crippen LogP contribution in [0.1, 0.15) is 34.0 Å². The van der Waals surface area contributed by atoms with Gasteiger partial charge in [0, 0.05) is 12.1 Å². The summed E-state index contributed by atoms with van der Waals surface area (Å²) in [6, 6.07) is 21.9. The van der Waals surface area contributed by atoms with Crippen molar-refractivity contribution in [2.45, 2.75) is 26.9 Å². The van der Waals surface area contributed by atoms with E-state index in [1.54, 1.807) is 48.5 Å². The number of nitrogens with zero attached hydrogens (tertiary/aromatic N) is 1. The minimum absolute atomic E-state index is 0.133. The topological polar surface area (TPSA) is 75.7 Å². The number of para-hydroxylation sites is 2. The Hall–Kier alpha value is -3.32. The molecule has 6 nitrogen and oxygen atoms in total. The Morgan fingerprint density at radius 2 is 1.62 bits per heavy atom. The molecule has 0 aliphatic carbocycles. The number of amides is 1. The zero-order chi connectivity index (χ0) is 23.1. The van der Waals surface area contributed by atoms with Crippen LogP contribution in [0.2, 0.25) is 0 Å². The maximum Gasteiger partial charge on any atom is 0.251 e. The van der Waals surface area contributed by atoms with Crippen molar-refractivity contribution in [3.05, 3.63) is 95.1 Å². The van der Waals surface area contributed by atoms with Crippen LogP contribution in [0.15, 0.2) is 72.8 Å². The lowest BCUT2D eigenvalue weighted by Crippen LogP contribution is -2.29. The standard InChI is InChI=1S/C25H28N2O4S/c1-4-31-24-12-8-7-11-23(24)27(32(3,29)30)18-20-13-15-21(16-14-20)25(28)26-17-22-10-6-5-9-19(22)2/h5-16H,4,17-18H2,1-3H3,(H,26,28). The summed E-state index contributed by atoms with van der Waals surface area (Å²) in [7, 11) is -3.55. The summed E-state index contributed by atoms with van der Waals surface area (Å²) < 4.78 is 32.0. The average molecular weight is 453 g/mol. The highest BCUT2D eigenvalue weighted by Crippen LogP contribution is 2.31. The first kappa shape index (κ1) is 23.3. The van der Waals surface area contributed by atoms with Gasteiger partial charge >= 0.3 is 0 Å². The van der Waals surface area contributed by atoms with Crippen molar-refractivity contribution in [2.24, 2.45) is 0 Å². The lowest BCUT2D eigenvalue weighted by atomic mass is 10.1. The van der Waals surface area contributed by atoms with E-state index >= 15 is 0 Å². The summed E-state index contributed by atoms with van der Waals surface area (Å²) in [6.07, 6.45) is 1.17. The lowest BCUT2D eigenvalue weighted by molar-refractivity contribution is 0.0951. The van der Waals surface area contributed by atoms with Crippen molar-refractivity contribution in [3.8, 4) is 5.75 Å². The van der Waals surface area contributed by atoms with E-state index in [4.69, 9.17) is 4.74 Å². The van der Waals surface area contributed by atoms with Crippen LogP contribution in [0.5, 0.6) is 5.75 Å². The van der Waals surface area contributed by atoms with Crippen LogP contribution in [0.4, 0.5) is 5.69 Å². The molecule has 0 spiro atoms. The summed E-state index contributed by atoms with van der Waals surface area (Å²) in [5.41, 5.74) is 3.95. The highest BCUT2D eigenvalue weighted by molar-refractivity contribution is 7.92. The summed E-state index contributed by atoms with van der Waals surface area (Å²) in [5, 5.41) is 2.93. The van der Waals surface area contributed by atoms with Crippen molar-refractivity contribution in [1.82, 2.24) is 5.32 Å². The van der Waals surface area contributed by atoms with Crippen LogP contribution in [0, 0.1) is 6.92 Å². The van der Waals surface area contributed by atoms with Crippen molar-refractivity contribution in [1.29, 1.82) is 0 Å². The first-order valence-corrected chi connectivity index (χ1v) is 12.3. The number of sulfonamides is 1. The minimum Gasteiger partial charge on any atom is -0.492 e. The van der Waals surface area contributed by atoms with Gasteiger partial charge in [-0.05, 0) is 54.8 Å². The first-order valence-electron chi connectivity index (χ1n) is 10.4. The van der Waals surface area contributed by atoms with E-state index in [1.165, 1.54) is 10.6 Å². The molecule has 32 heavy (non-hydrogen) atoms. The Labute approximate surface area is 189 Å². The number of hydrogen-bond acceptors (Lipinski definition) is 4. The zero-order valence-electron chi connectivity index (χ0n) is 18.5. The summed E-state index contributed by atoms with van der Waals surface area (Å²) in [6.45, 7) is 4.87. The zero-order valence-corrected chi connectivity index (χ0v) is 19.4. The third-order valence-corrected chi connectivity index (χ3v) is 6.20. The fraction of sp³-hybridized carbons (Fsp3) is 0.240. The minimum atomic E-state index is -3.55. The summed E-state index contributed by atoms with van der Waals surface area (Å²) >= 11 is 0. The van der Waals surface area contributed by atoms with Gasteiger partial charge < -0.3 is 10.1 Å². The van der Waals surface area contributed by atoms with Gasteiger partial charge in [0.1, 0.15) is 5.75 Å². The van der Waals surface area contributed by atoms with E-state index in [-0.39, 0.29) is 12.5 Å². The van der Waals surface area contributed by atoms with Crippen molar-refractivity contribution in [2.75, 3.05) is 17.2 Å². The Bertz CT molecular complexity index is 1170. The molecule has 0 aromatic heterocycles. The van der Waals surface area contributed by atoms with E-state index in [0.29, 0.717) is 30.2 Å². The molecule has 1 amide bonds. The summed E-state index contributed by atoms with van der Waals surface area (Å²) in [4.78, 5) is 12.5. The van der Waals surface area contributed by atoms with Crippen molar-refractivity contribution in [3.63, 3.8) is 0 Å². The monoisotopic (exact) mass is 452 g/mol. The Balaban J connectivity index is 1.74. The molecule has 0 atom stereocenters. The molecule has 0 saturated heterocycles. The van der Waals surface area contributed by atoms with E-state index in [9.17, 15) is 13.2 Å². The van der Waals surface area contributed by atoms with Gasteiger partial charge in [-0.3, -0.25) is 9.10 Å². The second-order valence-corrected chi connectivity index (χ2v) is 9.38. The molecule has 0 radical (unpaired) electrons.